The van der Waals surface area contributed by atoms with Gasteiger partial charge in [-0.2, -0.15) is 5.26 Å². The Morgan fingerprint density at radius 1 is 1.58 bits per heavy atom. The van der Waals surface area contributed by atoms with E-state index in [1.54, 1.807) is 6.92 Å². The zero-order valence-electron chi connectivity index (χ0n) is 10.8. The highest BCUT2D eigenvalue weighted by Crippen LogP contribution is 2.48. The van der Waals surface area contributed by atoms with Crippen LogP contribution in [0.4, 0.5) is 0 Å². The summed E-state index contributed by atoms with van der Waals surface area (Å²) in [5.41, 5.74) is -0.227. The summed E-state index contributed by atoms with van der Waals surface area (Å²) in [6.45, 7) is 5.92. The van der Waals surface area contributed by atoms with Crippen molar-refractivity contribution in [1.29, 1.82) is 5.26 Å². The fraction of sp³-hybridized carbons (Fsp3) is 0.333. The highest BCUT2D eigenvalue weighted by molar-refractivity contribution is 5.85. The van der Waals surface area contributed by atoms with Crippen LogP contribution in [0.25, 0.3) is 0 Å². The molecule has 0 aromatic heterocycles. The maximum Gasteiger partial charge on any atom is 0.333 e. The van der Waals surface area contributed by atoms with E-state index in [1.165, 1.54) is 0 Å². The second kappa shape index (κ2) is 5.25. The Morgan fingerprint density at radius 3 is 2.84 bits per heavy atom. The van der Waals surface area contributed by atoms with E-state index in [2.05, 4.69) is 12.6 Å². The minimum Gasteiger partial charge on any atom is -0.464 e. The third-order valence-corrected chi connectivity index (χ3v) is 3.25. The Bertz CT molecular complexity index is 532. The van der Waals surface area contributed by atoms with Crippen molar-refractivity contribution in [2.45, 2.75) is 13.0 Å². The second-order valence-corrected chi connectivity index (χ2v) is 4.35. The molecule has 4 nitrogen and oxygen atoms in total. The summed E-state index contributed by atoms with van der Waals surface area (Å²) >= 11 is 0. The summed E-state index contributed by atoms with van der Waals surface area (Å²) in [5, 5.41) is 9.52. The van der Waals surface area contributed by atoms with Gasteiger partial charge in [0.25, 0.3) is 0 Å². The average Bonchev–Trinajstić information content (AvgIpc) is 2.78. The molecule has 1 aromatic carbocycles. The molecule has 1 aromatic rings. The third-order valence-electron chi connectivity index (χ3n) is 3.25. The van der Waals surface area contributed by atoms with Crippen LogP contribution in [0.2, 0.25) is 0 Å². The Balaban J connectivity index is 2.46. The molecule has 2 rings (SSSR count). The maximum absolute atomic E-state index is 12.2. The van der Waals surface area contributed by atoms with Crippen molar-refractivity contribution in [3.63, 3.8) is 0 Å². The molecule has 1 aliphatic heterocycles. The Hall–Kier alpha value is -2.12. The number of carbonyl (C=O) groups is 1. The quantitative estimate of drug-likeness (QED) is 0.616. The number of nitrogens with zero attached hydrogens (tertiary/aromatic N) is 1. The predicted octanol–water partition coefficient (Wildman–Crippen LogP) is 2.39. The fourth-order valence-electron chi connectivity index (χ4n) is 2.26. The van der Waals surface area contributed by atoms with Gasteiger partial charge in [0.15, 0.2) is 0 Å². The van der Waals surface area contributed by atoms with Gasteiger partial charge in [-0.1, -0.05) is 36.9 Å². The lowest BCUT2D eigenvalue weighted by atomic mass is 9.76. The minimum atomic E-state index is -1.45. The third kappa shape index (κ3) is 2.02. The first-order valence-corrected chi connectivity index (χ1v) is 6.10. The van der Waals surface area contributed by atoms with Gasteiger partial charge < -0.3 is 9.47 Å². The molecule has 98 valence electrons. The molecular weight excluding hydrogens is 242 g/mol. The maximum atomic E-state index is 12.2. The lowest BCUT2D eigenvalue weighted by Crippen LogP contribution is -2.35. The van der Waals surface area contributed by atoms with Crippen LogP contribution in [0.5, 0.6) is 0 Å². The highest BCUT2D eigenvalue weighted by atomic mass is 16.5. The molecule has 0 N–H and O–H groups in total. The Morgan fingerprint density at radius 2 is 2.26 bits per heavy atom. The molecule has 0 amide bonds. The van der Waals surface area contributed by atoms with Gasteiger partial charge in [0.05, 0.1) is 19.3 Å². The van der Waals surface area contributed by atoms with E-state index in [-0.39, 0.29) is 13.2 Å². The molecule has 1 fully saturated rings. The van der Waals surface area contributed by atoms with Crippen molar-refractivity contribution in [2.75, 3.05) is 13.2 Å². The molecule has 4 heteroatoms. The smallest absolute Gasteiger partial charge is 0.333 e. The van der Waals surface area contributed by atoms with E-state index in [4.69, 9.17) is 9.47 Å². The number of benzene rings is 1. The number of ether oxygens (including phenoxy) is 2. The van der Waals surface area contributed by atoms with Crippen molar-refractivity contribution < 1.29 is 14.3 Å². The SMILES string of the molecule is C=C1COC(c2ccccc2)C1(C#N)C(=O)OCC. The summed E-state index contributed by atoms with van der Waals surface area (Å²) in [6.07, 6.45) is -0.662. The summed E-state index contributed by atoms with van der Waals surface area (Å²) in [5.74, 6) is -0.589. The van der Waals surface area contributed by atoms with Crippen molar-refractivity contribution in [3.8, 4) is 6.07 Å². The van der Waals surface area contributed by atoms with Gasteiger partial charge >= 0.3 is 5.97 Å². The lowest BCUT2D eigenvalue weighted by molar-refractivity contribution is -0.153. The van der Waals surface area contributed by atoms with Gasteiger partial charge in [-0.15, -0.1) is 0 Å². The molecule has 0 radical (unpaired) electrons. The molecule has 2 unspecified atom stereocenters. The second-order valence-electron chi connectivity index (χ2n) is 4.35. The van der Waals surface area contributed by atoms with Gasteiger partial charge in [-0.3, -0.25) is 0 Å². The van der Waals surface area contributed by atoms with E-state index < -0.39 is 17.5 Å². The summed E-state index contributed by atoms with van der Waals surface area (Å²) in [7, 11) is 0. The molecule has 0 aliphatic carbocycles. The van der Waals surface area contributed by atoms with Crippen LogP contribution in [0.3, 0.4) is 0 Å². The van der Waals surface area contributed by atoms with Crippen molar-refractivity contribution in [1.82, 2.24) is 0 Å². The van der Waals surface area contributed by atoms with E-state index in [0.717, 1.165) is 5.56 Å². The van der Waals surface area contributed by atoms with E-state index in [0.29, 0.717) is 5.57 Å². The largest absolute Gasteiger partial charge is 0.464 e. The van der Waals surface area contributed by atoms with Crippen LogP contribution < -0.4 is 0 Å². The zero-order valence-corrected chi connectivity index (χ0v) is 10.8. The number of hydrogen-bond donors (Lipinski definition) is 0. The van der Waals surface area contributed by atoms with Gasteiger partial charge in [0, 0.05) is 0 Å². The minimum absolute atomic E-state index is 0.186. The first-order chi connectivity index (χ1) is 9.16. The first kappa shape index (κ1) is 13.3. The molecule has 0 saturated carbocycles. The molecule has 2 atom stereocenters. The van der Waals surface area contributed by atoms with Crippen LogP contribution in [0.15, 0.2) is 42.5 Å². The Kier molecular flexibility index (Phi) is 3.68. The molecular formula is C15H15NO3. The monoisotopic (exact) mass is 257 g/mol. The topological polar surface area (TPSA) is 59.3 Å². The van der Waals surface area contributed by atoms with E-state index >= 15 is 0 Å². The molecule has 19 heavy (non-hydrogen) atoms. The number of carbonyl (C=O) groups excluding carboxylic acids is 1. The van der Waals surface area contributed by atoms with Gasteiger partial charge in [-0.25, -0.2) is 4.79 Å². The van der Waals surface area contributed by atoms with Gasteiger partial charge in [0.1, 0.15) is 6.10 Å². The average molecular weight is 257 g/mol. The summed E-state index contributed by atoms with van der Waals surface area (Å²) in [4.78, 5) is 12.2. The van der Waals surface area contributed by atoms with Gasteiger partial charge in [-0.05, 0) is 18.1 Å². The molecule has 0 bridgehead atoms. The standard InChI is InChI=1S/C15H15NO3/c1-3-18-14(17)15(10-16)11(2)9-19-13(15)12-7-5-4-6-8-12/h4-8,13H,2-3,9H2,1H3. The molecule has 1 aliphatic rings. The highest BCUT2D eigenvalue weighted by Gasteiger charge is 2.55. The van der Waals surface area contributed by atoms with E-state index in [1.807, 2.05) is 30.3 Å². The number of esters is 1. The lowest BCUT2D eigenvalue weighted by Gasteiger charge is -2.25. The number of hydrogen-bond acceptors (Lipinski definition) is 4. The Labute approximate surface area is 112 Å². The normalized spacial score (nSPS) is 25.9. The van der Waals surface area contributed by atoms with Crippen LogP contribution in [-0.2, 0) is 14.3 Å². The number of rotatable bonds is 3. The molecule has 1 heterocycles. The van der Waals surface area contributed by atoms with Crippen molar-refractivity contribution >= 4 is 5.97 Å². The van der Waals surface area contributed by atoms with Crippen LogP contribution >= 0.6 is 0 Å². The number of nitriles is 1. The van der Waals surface area contributed by atoms with Crippen LogP contribution in [0, 0.1) is 16.7 Å². The van der Waals surface area contributed by atoms with Crippen LogP contribution in [-0.4, -0.2) is 19.2 Å². The van der Waals surface area contributed by atoms with E-state index in [9.17, 15) is 10.1 Å². The molecule has 0 spiro atoms. The summed E-state index contributed by atoms with van der Waals surface area (Å²) < 4.78 is 10.6. The fourth-order valence-corrected chi connectivity index (χ4v) is 2.26. The molecule has 1 saturated heterocycles. The first-order valence-electron chi connectivity index (χ1n) is 6.10. The summed E-state index contributed by atoms with van der Waals surface area (Å²) in [6, 6.07) is 11.3. The van der Waals surface area contributed by atoms with Crippen molar-refractivity contribution in [2.24, 2.45) is 5.41 Å². The predicted molar refractivity (Wildman–Crippen MR) is 69.0 cm³/mol. The van der Waals surface area contributed by atoms with Gasteiger partial charge in [0.2, 0.25) is 5.41 Å². The zero-order chi connectivity index (χ0) is 13.9. The van der Waals surface area contributed by atoms with Crippen molar-refractivity contribution in [3.05, 3.63) is 48.0 Å². The van der Waals surface area contributed by atoms with Crippen LogP contribution in [0.1, 0.15) is 18.6 Å².